The summed E-state index contributed by atoms with van der Waals surface area (Å²) in [6.45, 7) is 5.98. The maximum Gasteiger partial charge on any atom is 0.417 e. The molecule has 0 aliphatic rings. The van der Waals surface area contributed by atoms with Gasteiger partial charge in [0.1, 0.15) is 5.75 Å². The normalized spacial score (nSPS) is 11.7. The van der Waals surface area contributed by atoms with Gasteiger partial charge in [0.15, 0.2) is 0 Å². The average molecular weight is 376 g/mol. The molecular weight excluding hydrogens is 352 g/mol. The summed E-state index contributed by atoms with van der Waals surface area (Å²) < 4.78 is 30.7. The number of hydrogen-bond acceptors (Lipinski definition) is 4. The molecular formula is C19H24N2O4S. The zero-order valence-electron chi connectivity index (χ0n) is 15.6. The molecule has 1 amide bonds. The lowest BCUT2D eigenvalue weighted by atomic mass is 10.0. The fraction of sp³-hybridized carbons (Fsp3) is 0.316. The molecule has 6 nitrogen and oxygen atoms in total. The highest BCUT2D eigenvalue weighted by molar-refractivity contribution is 7.89. The van der Waals surface area contributed by atoms with Crippen LogP contribution in [0.4, 0.5) is 10.5 Å². The molecule has 0 aromatic heterocycles. The topological polar surface area (TPSA) is 75.7 Å². The van der Waals surface area contributed by atoms with Crippen LogP contribution in [0.5, 0.6) is 5.75 Å². The zero-order valence-corrected chi connectivity index (χ0v) is 16.4. The van der Waals surface area contributed by atoms with Gasteiger partial charge in [-0.3, -0.25) is 5.32 Å². The van der Waals surface area contributed by atoms with Crippen LogP contribution < -0.4 is 10.1 Å². The van der Waals surface area contributed by atoms with Gasteiger partial charge in [0, 0.05) is 19.8 Å². The molecule has 2 aromatic carbocycles. The number of ether oxygens (including phenoxy) is 1. The Morgan fingerprint density at radius 3 is 2.23 bits per heavy atom. The Morgan fingerprint density at radius 2 is 1.69 bits per heavy atom. The van der Waals surface area contributed by atoms with Crippen LogP contribution in [0.3, 0.4) is 0 Å². The summed E-state index contributed by atoms with van der Waals surface area (Å²) in [5.74, 6) is 0.734. The third-order valence-electron chi connectivity index (χ3n) is 3.87. The maximum absolute atomic E-state index is 12.2. The minimum Gasteiger partial charge on any atom is -0.410 e. The largest absolute Gasteiger partial charge is 0.417 e. The molecule has 7 heteroatoms. The van der Waals surface area contributed by atoms with Crippen molar-refractivity contribution in [1.82, 2.24) is 4.31 Å². The van der Waals surface area contributed by atoms with E-state index in [1.54, 1.807) is 0 Å². The molecule has 0 spiro atoms. The first-order valence-corrected chi connectivity index (χ1v) is 9.67. The van der Waals surface area contributed by atoms with Crippen LogP contribution in [0.1, 0.15) is 30.9 Å². The molecule has 2 aromatic rings. The van der Waals surface area contributed by atoms with Crippen LogP contribution >= 0.6 is 0 Å². The molecule has 0 heterocycles. The molecule has 2 rings (SSSR count). The molecule has 0 bridgehead atoms. The van der Waals surface area contributed by atoms with E-state index in [9.17, 15) is 13.2 Å². The molecule has 0 fully saturated rings. The monoisotopic (exact) mass is 376 g/mol. The van der Waals surface area contributed by atoms with Crippen LogP contribution in [0, 0.1) is 6.92 Å². The van der Waals surface area contributed by atoms with Gasteiger partial charge in [-0.15, -0.1) is 0 Å². The molecule has 26 heavy (non-hydrogen) atoms. The zero-order chi connectivity index (χ0) is 19.5. The van der Waals surface area contributed by atoms with Crippen LogP contribution in [0.2, 0.25) is 0 Å². The number of carbonyl (C=O) groups excluding carboxylic acids is 1. The van der Waals surface area contributed by atoms with Gasteiger partial charge in [-0.2, -0.15) is 0 Å². The third kappa shape index (κ3) is 4.62. The van der Waals surface area contributed by atoms with Crippen molar-refractivity contribution in [2.24, 2.45) is 0 Å². The van der Waals surface area contributed by atoms with Crippen molar-refractivity contribution in [3.63, 3.8) is 0 Å². The number of nitrogens with one attached hydrogen (secondary N) is 1. The fourth-order valence-electron chi connectivity index (χ4n) is 2.37. The van der Waals surface area contributed by atoms with Gasteiger partial charge in [0.2, 0.25) is 10.0 Å². The summed E-state index contributed by atoms with van der Waals surface area (Å²) >= 11 is 0. The van der Waals surface area contributed by atoms with Crippen molar-refractivity contribution in [3.05, 3.63) is 53.6 Å². The first-order chi connectivity index (χ1) is 12.1. The van der Waals surface area contributed by atoms with Gasteiger partial charge in [-0.1, -0.05) is 26.0 Å². The molecule has 0 atom stereocenters. The summed E-state index contributed by atoms with van der Waals surface area (Å²) in [6.07, 6.45) is -0.624. The van der Waals surface area contributed by atoms with Crippen molar-refractivity contribution in [2.45, 2.75) is 31.6 Å². The Kier molecular flexibility index (Phi) is 6.05. The predicted molar refractivity (Wildman–Crippen MR) is 102 cm³/mol. The van der Waals surface area contributed by atoms with Gasteiger partial charge < -0.3 is 4.74 Å². The van der Waals surface area contributed by atoms with Crippen LogP contribution in [-0.4, -0.2) is 32.9 Å². The van der Waals surface area contributed by atoms with E-state index in [1.807, 2.05) is 39.0 Å². The predicted octanol–water partition coefficient (Wildman–Crippen LogP) is 3.98. The fourth-order valence-corrected chi connectivity index (χ4v) is 3.27. The minimum atomic E-state index is -3.50. The SMILES string of the molecule is Cc1ccc(C(C)C)c(OC(=O)Nc2ccc(S(=O)(=O)N(C)C)cc2)c1. The average Bonchev–Trinajstić information content (AvgIpc) is 2.54. The lowest BCUT2D eigenvalue weighted by Crippen LogP contribution is -2.22. The number of rotatable bonds is 5. The number of hydrogen-bond donors (Lipinski definition) is 1. The number of benzene rings is 2. The second-order valence-corrected chi connectivity index (χ2v) is 8.67. The second kappa shape index (κ2) is 7.88. The van der Waals surface area contributed by atoms with Gasteiger partial charge in [-0.05, 0) is 54.3 Å². The molecule has 0 unspecified atom stereocenters. The Labute approximate surface area is 154 Å². The van der Waals surface area contributed by atoms with E-state index >= 15 is 0 Å². The van der Waals surface area contributed by atoms with Gasteiger partial charge >= 0.3 is 6.09 Å². The van der Waals surface area contributed by atoms with Crippen molar-refractivity contribution >= 4 is 21.8 Å². The number of carbonyl (C=O) groups is 1. The van der Waals surface area contributed by atoms with Crippen molar-refractivity contribution in [3.8, 4) is 5.75 Å². The minimum absolute atomic E-state index is 0.155. The lowest BCUT2D eigenvalue weighted by Gasteiger charge is -2.14. The van der Waals surface area contributed by atoms with E-state index in [0.717, 1.165) is 15.4 Å². The van der Waals surface area contributed by atoms with E-state index in [1.165, 1.54) is 38.4 Å². The summed E-state index contributed by atoms with van der Waals surface area (Å²) in [5, 5.41) is 2.61. The first-order valence-electron chi connectivity index (χ1n) is 8.23. The van der Waals surface area contributed by atoms with E-state index < -0.39 is 16.1 Å². The lowest BCUT2D eigenvalue weighted by molar-refractivity contribution is 0.214. The number of aryl methyl sites for hydroxylation is 1. The first kappa shape index (κ1) is 19.9. The molecule has 1 N–H and O–H groups in total. The Hall–Kier alpha value is -2.38. The molecule has 0 saturated heterocycles. The van der Waals surface area contributed by atoms with Crippen LogP contribution in [-0.2, 0) is 10.0 Å². The summed E-state index contributed by atoms with van der Waals surface area (Å²) in [7, 11) is -0.571. The number of amides is 1. The van der Waals surface area contributed by atoms with Gasteiger partial charge in [-0.25, -0.2) is 17.5 Å². The van der Waals surface area contributed by atoms with E-state index in [-0.39, 0.29) is 10.8 Å². The van der Waals surface area contributed by atoms with Crippen molar-refractivity contribution in [2.75, 3.05) is 19.4 Å². The summed E-state index contributed by atoms with van der Waals surface area (Å²) in [6, 6.07) is 11.7. The Bertz CT molecular complexity index is 888. The number of sulfonamides is 1. The molecule has 0 saturated carbocycles. The van der Waals surface area contributed by atoms with Crippen molar-refractivity contribution < 1.29 is 17.9 Å². The van der Waals surface area contributed by atoms with E-state index in [0.29, 0.717) is 11.4 Å². The van der Waals surface area contributed by atoms with E-state index in [2.05, 4.69) is 5.32 Å². The highest BCUT2D eigenvalue weighted by Crippen LogP contribution is 2.28. The number of anilines is 1. The summed E-state index contributed by atoms with van der Waals surface area (Å²) in [4.78, 5) is 12.4. The maximum atomic E-state index is 12.2. The highest BCUT2D eigenvalue weighted by Gasteiger charge is 2.17. The Morgan fingerprint density at radius 1 is 1.08 bits per heavy atom. The Balaban J connectivity index is 2.13. The third-order valence-corrected chi connectivity index (χ3v) is 5.70. The highest BCUT2D eigenvalue weighted by atomic mass is 32.2. The molecule has 0 aliphatic carbocycles. The molecule has 0 aliphatic heterocycles. The molecule has 140 valence electrons. The number of nitrogens with zero attached hydrogens (tertiary/aromatic N) is 1. The van der Waals surface area contributed by atoms with E-state index in [4.69, 9.17) is 4.74 Å². The summed E-state index contributed by atoms with van der Waals surface area (Å²) in [5.41, 5.74) is 2.39. The van der Waals surface area contributed by atoms with Crippen molar-refractivity contribution in [1.29, 1.82) is 0 Å². The van der Waals surface area contributed by atoms with Crippen LogP contribution in [0.25, 0.3) is 0 Å². The molecule has 0 radical (unpaired) electrons. The second-order valence-electron chi connectivity index (χ2n) is 6.52. The van der Waals surface area contributed by atoms with Crippen LogP contribution in [0.15, 0.2) is 47.4 Å². The standard InChI is InChI=1S/C19H24N2O4S/c1-13(2)17-11-6-14(3)12-18(17)25-19(22)20-15-7-9-16(10-8-15)26(23,24)21(4)5/h6-13H,1-5H3,(H,20,22). The quantitative estimate of drug-likeness (QED) is 0.856. The van der Waals surface area contributed by atoms with Gasteiger partial charge in [0.25, 0.3) is 0 Å². The van der Waals surface area contributed by atoms with Gasteiger partial charge in [0.05, 0.1) is 4.90 Å². The smallest absolute Gasteiger partial charge is 0.410 e.